The molecule has 0 radical (unpaired) electrons. The fraction of sp³-hybridized carbons (Fsp3) is 0.543. The Morgan fingerprint density at radius 1 is 1.12 bits per heavy atom. The van der Waals surface area contributed by atoms with E-state index in [1.54, 1.807) is 56.0 Å². The van der Waals surface area contributed by atoms with Crippen LogP contribution in [0.25, 0.3) is 0 Å². The summed E-state index contributed by atoms with van der Waals surface area (Å²) >= 11 is 6.13. The van der Waals surface area contributed by atoms with Gasteiger partial charge >= 0.3 is 12.2 Å². The number of piperazine rings is 1. The molecule has 14 heteroatoms. The summed E-state index contributed by atoms with van der Waals surface area (Å²) in [6.45, 7) is 13.2. The number of hydrogen-bond acceptors (Lipinski definition) is 7. The average Bonchev–Trinajstić information content (AvgIpc) is 3.14. The van der Waals surface area contributed by atoms with Crippen molar-refractivity contribution in [1.29, 1.82) is 0 Å². The number of amides is 3. The van der Waals surface area contributed by atoms with Crippen LogP contribution in [-0.2, 0) is 30.7 Å². The van der Waals surface area contributed by atoms with Gasteiger partial charge < -0.3 is 19.7 Å². The van der Waals surface area contributed by atoms with Crippen LogP contribution in [0.1, 0.15) is 70.9 Å². The van der Waals surface area contributed by atoms with Gasteiger partial charge in [-0.15, -0.1) is 4.58 Å². The van der Waals surface area contributed by atoms with Gasteiger partial charge in [0.1, 0.15) is 18.1 Å². The third-order valence-electron chi connectivity index (χ3n) is 9.00. The zero-order valence-electron chi connectivity index (χ0n) is 28.9. The number of anilines is 1. The maximum absolute atomic E-state index is 15.6. The Labute approximate surface area is 293 Å². The minimum Gasteiger partial charge on any atom is -0.444 e. The van der Waals surface area contributed by atoms with Crippen molar-refractivity contribution in [2.45, 2.75) is 89.9 Å². The SMILES string of the molecule is C=[N+](C(=O)OC)C(C(=O)Nc1cccc(F)c1CCC1CN(C(=O)OC(C)(C)C)C2CCCS(=O)(=O)N1C2)C(c1ccc(Cl)cc1)C(C)C. The molecule has 2 aromatic carbocycles. The molecule has 0 aliphatic carbocycles. The quantitative estimate of drug-likeness (QED) is 0.247. The summed E-state index contributed by atoms with van der Waals surface area (Å²) in [6.07, 6.45) is -0.205. The molecule has 5 atom stereocenters. The largest absolute Gasteiger partial charge is 0.596 e. The molecule has 1 N–H and O–H groups in total. The fourth-order valence-electron chi connectivity index (χ4n) is 6.70. The highest BCUT2D eigenvalue weighted by atomic mass is 35.5. The van der Waals surface area contributed by atoms with Crippen LogP contribution in [0.3, 0.4) is 0 Å². The molecule has 2 saturated heterocycles. The lowest BCUT2D eigenvalue weighted by molar-refractivity contribution is -0.470. The van der Waals surface area contributed by atoms with Crippen LogP contribution in [0.4, 0.5) is 19.7 Å². The lowest BCUT2D eigenvalue weighted by Crippen LogP contribution is -2.60. The number of carbonyl (C=O) groups is 3. The molecule has 2 aliphatic heterocycles. The van der Waals surface area contributed by atoms with Gasteiger partial charge in [0.05, 0.1) is 18.8 Å². The molecule has 2 aromatic rings. The minimum atomic E-state index is -3.62. The molecule has 2 bridgehead atoms. The van der Waals surface area contributed by atoms with Crippen molar-refractivity contribution < 1.29 is 41.2 Å². The zero-order valence-corrected chi connectivity index (χ0v) is 30.5. The van der Waals surface area contributed by atoms with Crippen molar-refractivity contribution in [3.05, 3.63) is 64.4 Å². The van der Waals surface area contributed by atoms with Crippen LogP contribution in [0, 0.1) is 11.7 Å². The number of sulfonamides is 1. The number of rotatable bonds is 9. The van der Waals surface area contributed by atoms with Crippen LogP contribution in [0.5, 0.6) is 0 Å². The molecule has 0 aromatic heterocycles. The predicted octanol–water partition coefficient (Wildman–Crippen LogP) is 6.05. The number of hydrogen-bond donors (Lipinski definition) is 1. The zero-order chi connectivity index (χ0) is 36.3. The van der Waals surface area contributed by atoms with Gasteiger partial charge in [-0.05, 0) is 82.2 Å². The number of halogens is 2. The summed E-state index contributed by atoms with van der Waals surface area (Å²) < 4.78 is 55.1. The monoisotopic (exact) mass is 721 g/mol. The smallest absolute Gasteiger partial charge is 0.444 e. The maximum atomic E-state index is 15.6. The van der Waals surface area contributed by atoms with Gasteiger partial charge in [0.15, 0.2) is 0 Å². The minimum absolute atomic E-state index is 0.0447. The molecule has 0 saturated carbocycles. The summed E-state index contributed by atoms with van der Waals surface area (Å²) in [4.78, 5) is 41.7. The normalized spacial score (nSPS) is 21.7. The molecular weight excluding hydrogens is 675 g/mol. The van der Waals surface area contributed by atoms with Gasteiger partial charge in [-0.1, -0.05) is 43.6 Å². The standard InChI is InChI=1S/C35H46ClFN4O7S/c1-22(2)30(23-13-15-24(36)16-14-23)31(39(6)33(43)47-7)32(42)38-29-12-8-11-28(37)27(29)18-17-26-20-40(34(44)48-35(3,4)5)25-10-9-19-49(45,46)41(26)21-25/h8,11-16,22,25-26,30-31H,6,9-10,17-21H2,1-5,7H3/p+1. The number of fused-ring (bicyclic) bond motifs is 2. The highest BCUT2D eigenvalue weighted by Gasteiger charge is 2.46. The fourth-order valence-corrected chi connectivity index (χ4v) is 8.62. The van der Waals surface area contributed by atoms with E-state index in [9.17, 15) is 22.8 Å². The molecular formula is C35H47ClFN4O7S+. The number of carbonyl (C=O) groups excluding carboxylic acids is 3. The molecule has 49 heavy (non-hydrogen) atoms. The molecule has 11 nitrogen and oxygen atoms in total. The Kier molecular flexibility index (Phi) is 12.1. The summed E-state index contributed by atoms with van der Waals surface area (Å²) in [7, 11) is -2.43. The van der Waals surface area contributed by atoms with E-state index in [-0.39, 0.29) is 54.9 Å². The van der Waals surface area contributed by atoms with Crippen molar-refractivity contribution in [2.24, 2.45) is 5.92 Å². The predicted molar refractivity (Wildman–Crippen MR) is 186 cm³/mol. The van der Waals surface area contributed by atoms with Gasteiger partial charge in [-0.2, -0.15) is 9.10 Å². The molecule has 0 spiro atoms. The van der Waals surface area contributed by atoms with E-state index in [4.69, 9.17) is 21.1 Å². The van der Waals surface area contributed by atoms with Crippen LogP contribution in [-0.4, -0.2) is 96.7 Å². The Bertz CT molecular complexity index is 1660. The second-order valence-electron chi connectivity index (χ2n) is 14.0. The van der Waals surface area contributed by atoms with Gasteiger partial charge in [0.25, 0.3) is 5.91 Å². The maximum Gasteiger partial charge on any atom is 0.596 e. The first-order chi connectivity index (χ1) is 22.9. The van der Waals surface area contributed by atoms with Gasteiger partial charge in [-0.3, -0.25) is 4.79 Å². The van der Waals surface area contributed by atoms with E-state index in [1.165, 1.54) is 23.5 Å². The van der Waals surface area contributed by atoms with Crippen molar-refractivity contribution >= 4 is 52.1 Å². The van der Waals surface area contributed by atoms with Crippen LogP contribution in [0.2, 0.25) is 5.02 Å². The number of nitrogens with one attached hydrogen (secondary N) is 1. The Hall–Kier alpha value is -3.55. The number of benzene rings is 2. The van der Waals surface area contributed by atoms with Gasteiger partial charge in [-0.25, -0.2) is 17.6 Å². The summed E-state index contributed by atoms with van der Waals surface area (Å²) in [6, 6.07) is 9.07. The molecule has 268 valence electrons. The second kappa shape index (κ2) is 15.6. The third-order valence-corrected chi connectivity index (χ3v) is 11.2. The number of nitrogens with zero attached hydrogens (tertiary/aromatic N) is 3. The average molecular weight is 722 g/mol. The molecule has 4 rings (SSSR count). The van der Waals surface area contributed by atoms with E-state index >= 15 is 4.39 Å². The highest BCUT2D eigenvalue weighted by Crippen LogP contribution is 2.34. The van der Waals surface area contributed by atoms with E-state index in [0.717, 1.165) is 10.1 Å². The lowest BCUT2D eigenvalue weighted by Gasteiger charge is -2.44. The Morgan fingerprint density at radius 3 is 2.41 bits per heavy atom. The molecule has 3 amide bonds. The van der Waals surface area contributed by atoms with Crippen molar-refractivity contribution in [3.8, 4) is 0 Å². The molecule has 5 unspecified atom stereocenters. The number of methoxy groups -OCH3 is 1. The van der Waals surface area contributed by atoms with E-state index in [1.807, 2.05) is 13.8 Å². The Morgan fingerprint density at radius 2 is 1.80 bits per heavy atom. The second-order valence-corrected chi connectivity index (χ2v) is 16.4. The molecule has 2 heterocycles. The summed E-state index contributed by atoms with van der Waals surface area (Å²) in [5.41, 5.74) is 0.329. The first-order valence-corrected chi connectivity index (χ1v) is 18.4. The molecule has 2 aliphatic rings. The van der Waals surface area contributed by atoms with Crippen molar-refractivity contribution in [1.82, 2.24) is 9.21 Å². The van der Waals surface area contributed by atoms with E-state index < -0.39 is 57.5 Å². The molecule has 2 fully saturated rings. The number of ether oxygens (including phenoxy) is 2. The van der Waals surface area contributed by atoms with E-state index in [2.05, 4.69) is 12.0 Å². The van der Waals surface area contributed by atoms with E-state index in [0.29, 0.717) is 17.9 Å². The summed E-state index contributed by atoms with van der Waals surface area (Å²) in [5, 5.41) is 3.33. The van der Waals surface area contributed by atoms with Crippen LogP contribution in [0.15, 0.2) is 42.5 Å². The lowest BCUT2D eigenvalue weighted by atomic mass is 9.81. The highest BCUT2D eigenvalue weighted by molar-refractivity contribution is 7.89. The van der Waals surface area contributed by atoms with Crippen LogP contribution < -0.4 is 5.32 Å². The van der Waals surface area contributed by atoms with Gasteiger partial charge in [0, 0.05) is 41.4 Å². The third kappa shape index (κ3) is 9.17. The van der Waals surface area contributed by atoms with Crippen molar-refractivity contribution in [3.63, 3.8) is 0 Å². The van der Waals surface area contributed by atoms with Gasteiger partial charge in [0.2, 0.25) is 16.1 Å². The summed E-state index contributed by atoms with van der Waals surface area (Å²) in [5.74, 6) is -1.96. The first kappa shape index (κ1) is 38.3. The Balaban J connectivity index is 1.64. The van der Waals surface area contributed by atoms with Crippen molar-refractivity contribution in [2.75, 3.05) is 31.3 Å². The first-order valence-electron chi connectivity index (χ1n) is 16.4. The van der Waals surface area contributed by atoms with Crippen LogP contribution >= 0.6 is 11.6 Å². The topological polar surface area (TPSA) is 125 Å².